The number of rotatable bonds is 4. The first-order chi connectivity index (χ1) is 6.89. The Morgan fingerprint density at radius 1 is 1.21 bits per heavy atom. The van der Waals surface area contributed by atoms with Crippen molar-refractivity contribution in [2.24, 2.45) is 11.3 Å². The first-order valence-corrected chi connectivity index (χ1v) is 5.51. The molecule has 1 nitrogen and oxygen atoms in total. The van der Waals surface area contributed by atoms with Gasteiger partial charge in [-0.1, -0.05) is 30.3 Å². The molecule has 1 spiro atoms. The van der Waals surface area contributed by atoms with Gasteiger partial charge in [-0.05, 0) is 36.2 Å². The zero-order valence-corrected chi connectivity index (χ0v) is 8.41. The first kappa shape index (κ1) is 8.49. The van der Waals surface area contributed by atoms with Crippen molar-refractivity contribution in [3.63, 3.8) is 0 Å². The molecule has 0 amide bonds. The molecule has 1 atom stereocenters. The van der Waals surface area contributed by atoms with Crippen molar-refractivity contribution >= 4 is 0 Å². The lowest BCUT2D eigenvalue weighted by atomic mass is 10.2. The summed E-state index contributed by atoms with van der Waals surface area (Å²) < 4.78 is 5.72. The van der Waals surface area contributed by atoms with Gasteiger partial charge in [-0.25, -0.2) is 0 Å². The third-order valence-corrected chi connectivity index (χ3v) is 3.68. The van der Waals surface area contributed by atoms with Gasteiger partial charge in [-0.2, -0.15) is 0 Å². The van der Waals surface area contributed by atoms with Crippen LogP contribution in [0.5, 0.6) is 0 Å². The molecule has 2 aliphatic rings. The smallest absolute Gasteiger partial charge is 0.0717 e. The Labute approximate surface area is 85.1 Å². The average molecular weight is 188 g/mol. The molecule has 2 aliphatic carbocycles. The van der Waals surface area contributed by atoms with Gasteiger partial charge in [0.05, 0.1) is 13.2 Å². The Morgan fingerprint density at radius 2 is 2.00 bits per heavy atom. The standard InChI is InChI=1S/C13H16O/c1-2-4-11(5-3-1)9-14-10-12-8-13(12)6-7-13/h1-5,12H,6-10H2. The second kappa shape index (κ2) is 3.09. The van der Waals surface area contributed by atoms with E-state index >= 15 is 0 Å². The molecular weight excluding hydrogens is 172 g/mol. The van der Waals surface area contributed by atoms with E-state index in [1.807, 2.05) is 6.07 Å². The summed E-state index contributed by atoms with van der Waals surface area (Å²) in [4.78, 5) is 0. The molecule has 3 rings (SSSR count). The van der Waals surface area contributed by atoms with E-state index in [9.17, 15) is 0 Å². The summed E-state index contributed by atoms with van der Waals surface area (Å²) in [6, 6.07) is 10.4. The molecule has 1 aromatic carbocycles. The van der Waals surface area contributed by atoms with Gasteiger partial charge in [0.25, 0.3) is 0 Å². The van der Waals surface area contributed by atoms with Crippen LogP contribution in [-0.2, 0) is 11.3 Å². The van der Waals surface area contributed by atoms with E-state index in [2.05, 4.69) is 24.3 Å². The zero-order chi connectivity index (χ0) is 9.43. The number of hydrogen-bond donors (Lipinski definition) is 0. The van der Waals surface area contributed by atoms with E-state index in [4.69, 9.17) is 4.74 Å². The fraction of sp³-hybridized carbons (Fsp3) is 0.538. The van der Waals surface area contributed by atoms with Crippen LogP contribution in [0.3, 0.4) is 0 Å². The third kappa shape index (κ3) is 1.57. The molecule has 74 valence electrons. The molecule has 0 heterocycles. The van der Waals surface area contributed by atoms with Crippen LogP contribution in [0.15, 0.2) is 30.3 Å². The SMILES string of the molecule is c1ccc(COCC2CC23CC3)cc1. The van der Waals surface area contributed by atoms with Gasteiger partial charge >= 0.3 is 0 Å². The lowest BCUT2D eigenvalue weighted by molar-refractivity contribution is 0.107. The van der Waals surface area contributed by atoms with E-state index in [0.717, 1.165) is 24.5 Å². The molecule has 0 aliphatic heterocycles. The van der Waals surface area contributed by atoms with Crippen molar-refractivity contribution in [1.82, 2.24) is 0 Å². The molecule has 0 radical (unpaired) electrons. The maximum Gasteiger partial charge on any atom is 0.0717 e. The average Bonchev–Trinajstić information content (AvgIpc) is 3.11. The molecule has 0 aromatic heterocycles. The third-order valence-electron chi connectivity index (χ3n) is 3.68. The second-order valence-corrected chi connectivity index (χ2v) is 4.76. The van der Waals surface area contributed by atoms with Crippen LogP contribution in [0.2, 0.25) is 0 Å². The molecule has 2 fully saturated rings. The van der Waals surface area contributed by atoms with Gasteiger partial charge < -0.3 is 4.74 Å². The van der Waals surface area contributed by atoms with Gasteiger partial charge in [0.15, 0.2) is 0 Å². The molecule has 2 saturated carbocycles. The summed E-state index contributed by atoms with van der Waals surface area (Å²) in [5.41, 5.74) is 2.08. The highest BCUT2D eigenvalue weighted by Crippen LogP contribution is 2.70. The number of hydrogen-bond acceptors (Lipinski definition) is 1. The van der Waals surface area contributed by atoms with Crippen LogP contribution in [0.25, 0.3) is 0 Å². The monoisotopic (exact) mass is 188 g/mol. The van der Waals surface area contributed by atoms with E-state index in [1.54, 1.807) is 0 Å². The zero-order valence-electron chi connectivity index (χ0n) is 8.41. The molecule has 0 saturated heterocycles. The van der Waals surface area contributed by atoms with Crippen molar-refractivity contribution in [2.75, 3.05) is 6.61 Å². The summed E-state index contributed by atoms with van der Waals surface area (Å²) in [6.45, 7) is 1.77. The van der Waals surface area contributed by atoms with Crippen LogP contribution < -0.4 is 0 Å². The summed E-state index contributed by atoms with van der Waals surface area (Å²) in [6.07, 6.45) is 4.36. The normalized spacial score (nSPS) is 26.4. The van der Waals surface area contributed by atoms with Gasteiger partial charge in [-0.15, -0.1) is 0 Å². The van der Waals surface area contributed by atoms with Gasteiger partial charge in [0.1, 0.15) is 0 Å². The minimum atomic E-state index is 0.785. The van der Waals surface area contributed by atoms with Gasteiger partial charge in [-0.3, -0.25) is 0 Å². The van der Waals surface area contributed by atoms with Crippen molar-refractivity contribution in [3.8, 4) is 0 Å². The highest BCUT2D eigenvalue weighted by atomic mass is 16.5. The summed E-state index contributed by atoms with van der Waals surface area (Å²) in [7, 11) is 0. The Kier molecular flexibility index (Phi) is 1.88. The topological polar surface area (TPSA) is 9.23 Å². The number of ether oxygens (including phenoxy) is 1. The summed E-state index contributed by atoms with van der Waals surface area (Å²) in [5, 5.41) is 0. The van der Waals surface area contributed by atoms with Gasteiger partial charge in [0, 0.05) is 0 Å². The maximum atomic E-state index is 5.72. The van der Waals surface area contributed by atoms with Crippen molar-refractivity contribution in [3.05, 3.63) is 35.9 Å². The molecule has 1 heteroatoms. The van der Waals surface area contributed by atoms with Crippen LogP contribution in [0.4, 0.5) is 0 Å². The molecule has 1 unspecified atom stereocenters. The Bertz CT molecular complexity index is 313. The fourth-order valence-corrected chi connectivity index (χ4v) is 2.33. The highest BCUT2D eigenvalue weighted by molar-refractivity contribution is 5.14. The van der Waals surface area contributed by atoms with Crippen LogP contribution in [-0.4, -0.2) is 6.61 Å². The van der Waals surface area contributed by atoms with Crippen molar-refractivity contribution in [2.45, 2.75) is 25.9 Å². The minimum absolute atomic E-state index is 0.785. The van der Waals surface area contributed by atoms with Crippen molar-refractivity contribution in [1.29, 1.82) is 0 Å². The first-order valence-electron chi connectivity index (χ1n) is 5.51. The lowest BCUT2D eigenvalue weighted by Crippen LogP contribution is -1.98. The second-order valence-electron chi connectivity index (χ2n) is 4.76. The predicted molar refractivity (Wildman–Crippen MR) is 55.9 cm³/mol. The summed E-state index contributed by atoms with van der Waals surface area (Å²) >= 11 is 0. The highest BCUT2D eigenvalue weighted by Gasteiger charge is 2.62. The molecule has 0 bridgehead atoms. The Balaban J connectivity index is 1.42. The molecular formula is C13H16O. The molecule has 0 N–H and O–H groups in total. The number of benzene rings is 1. The minimum Gasteiger partial charge on any atom is -0.376 e. The van der Waals surface area contributed by atoms with E-state index in [0.29, 0.717) is 0 Å². The Morgan fingerprint density at radius 3 is 2.64 bits per heavy atom. The van der Waals surface area contributed by atoms with Crippen LogP contribution in [0.1, 0.15) is 24.8 Å². The van der Waals surface area contributed by atoms with E-state index < -0.39 is 0 Å². The lowest BCUT2D eigenvalue weighted by Gasteiger charge is -2.02. The quantitative estimate of drug-likeness (QED) is 0.705. The van der Waals surface area contributed by atoms with Crippen molar-refractivity contribution < 1.29 is 4.74 Å². The van der Waals surface area contributed by atoms with E-state index in [1.165, 1.54) is 24.8 Å². The van der Waals surface area contributed by atoms with Crippen LogP contribution >= 0.6 is 0 Å². The molecule has 14 heavy (non-hydrogen) atoms. The fourth-order valence-electron chi connectivity index (χ4n) is 2.33. The van der Waals surface area contributed by atoms with Crippen LogP contribution in [0, 0.1) is 11.3 Å². The van der Waals surface area contributed by atoms with Gasteiger partial charge in [0.2, 0.25) is 0 Å². The largest absolute Gasteiger partial charge is 0.376 e. The maximum absolute atomic E-state index is 5.72. The Hall–Kier alpha value is -0.820. The van der Waals surface area contributed by atoms with E-state index in [-0.39, 0.29) is 0 Å². The summed E-state index contributed by atoms with van der Waals surface area (Å²) in [5.74, 6) is 0.895. The molecule has 1 aromatic rings. The predicted octanol–water partition coefficient (Wildman–Crippen LogP) is 3.00.